The van der Waals surface area contributed by atoms with Gasteiger partial charge in [0.15, 0.2) is 0 Å². The highest BCUT2D eigenvalue weighted by Gasteiger charge is 2.37. The zero-order valence-electron chi connectivity index (χ0n) is 15.2. The summed E-state index contributed by atoms with van der Waals surface area (Å²) in [5.74, 6) is -1.36. The van der Waals surface area contributed by atoms with Gasteiger partial charge in [-0.25, -0.2) is 9.37 Å². The van der Waals surface area contributed by atoms with Gasteiger partial charge in [-0.1, -0.05) is 12.1 Å². The lowest BCUT2D eigenvalue weighted by atomic mass is 9.90. The summed E-state index contributed by atoms with van der Waals surface area (Å²) in [4.78, 5) is 19.1. The maximum atomic E-state index is 13.9. The monoisotopic (exact) mass is 412 g/mol. The highest BCUT2D eigenvalue weighted by Crippen LogP contribution is 2.35. The van der Waals surface area contributed by atoms with Gasteiger partial charge in [0, 0.05) is 24.7 Å². The van der Waals surface area contributed by atoms with E-state index in [2.05, 4.69) is 20.6 Å². The molecule has 7 nitrogen and oxygen atoms in total. The minimum absolute atomic E-state index is 0.0181. The molecule has 0 radical (unpaired) electrons. The van der Waals surface area contributed by atoms with Gasteiger partial charge >= 0.3 is 6.18 Å². The van der Waals surface area contributed by atoms with Crippen LogP contribution >= 0.6 is 0 Å². The van der Waals surface area contributed by atoms with Crippen molar-refractivity contribution in [3.05, 3.63) is 41.6 Å². The van der Waals surface area contributed by atoms with Gasteiger partial charge in [0.1, 0.15) is 17.6 Å². The topological polar surface area (TPSA) is 119 Å². The molecule has 1 aromatic carbocycles. The van der Waals surface area contributed by atoms with Crippen molar-refractivity contribution in [2.45, 2.75) is 43.7 Å². The predicted molar refractivity (Wildman–Crippen MR) is 99.4 cm³/mol. The van der Waals surface area contributed by atoms with Crippen molar-refractivity contribution in [2.75, 3.05) is 10.6 Å². The molecule has 1 heterocycles. The number of alkyl halides is 4. The maximum Gasteiger partial charge on any atom is 0.421 e. The SMILES string of the molecule is NC(=O)c1ccccc1Nc1ncc(C(F)(F)F)c(N[C@@H]2CC[C@H](N)[C@@H](F)C2)n1. The van der Waals surface area contributed by atoms with Crippen molar-refractivity contribution < 1.29 is 22.4 Å². The van der Waals surface area contributed by atoms with Crippen LogP contribution in [0.5, 0.6) is 0 Å². The molecule has 1 amide bonds. The van der Waals surface area contributed by atoms with Crippen molar-refractivity contribution >= 4 is 23.4 Å². The molecule has 11 heteroatoms. The van der Waals surface area contributed by atoms with E-state index in [1.165, 1.54) is 12.1 Å². The Hall–Kier alpha value is -2.95. The predicted octanol–water partition coefficient (Wildman–Crippen LogP) is 2.97. The number of rotatable bonds is 5. The van der Waals surface area contributed by atoms with Crippen LogP contribution in [0.25, 0.3) is 0 Å². The molecule has 0 aliphatic heterocycles. The van der Waals surface area contributed by atoms with Crippen LogP contribution in [-0.2, 0) is 6.18 Å². The van der Waals surface area contributed by atoms with Gasteiger partial charge in [0.2, 0.25) is 5.95 Å². The first-order valence-corrected chi connectivity index (χ1v) is 8.91. The summed E-state index contributed by atoms with van der Waals surface area (Å²) in [6, 6.07) is 5.01. The summed E-state index contributed by atoms with van der Waals surface area (Å²) >= 11 is 0. The van der Waals surface area contributed by atoms with Crippen LogP contribution in [0, 0.1) is 0 Å². The Balaban J connectivity index is 1.89. The lowest BCUT2D eigenvalue weighted by Crippen LogP contribution is -2.42. The lowest BCUT2D eigenvalue weighted by molar-refractivity contribution is -0.137. The number of nitrogens with zero attached hydrogens (tertiary/aromatic N) is 2. The normalized spacial score (nSPS) is 22.2. The average Bonchev–Trinajstić information content (AvgIpc) is 2.64. The molecular formula is C18H20F4N6O. The summed E-state index contributed by atoms with van der Waals surface area (Å²) < 4.78 is 54.0. The number of aromatic nitrogens is 2. The fourth-order valence-corrected chi connectivity index (χ4v) is 3.15. The van der Waals surface area contributed by atoms with E-state index in [1.54, 1.807) is 12.1 Å². The van der Waals surface area contributed by atoms with Gasteiger partial charge in [-0.3, -0.25) is 4.79 Å². The molecule has 0 unspecified atom stereocenters. The highest BCUT2D eigenvalue weighted by molar-refractivity contribution is 5.98. The zero-order chi connectivity index (χ0) is 21.2. The van der Waals surface area contributed by atoms with Crippen LogP contribution in [0.1, 0.15) is 35.2 Å². The van der Waals surface area contributed by atoms with E-state index in [1.807, 2.05) is 0 Å². The molecule has 1 aliphatic carbocycles. The standard InChI is InChI=1S/C18H20F4N6O/c19-12-7-9(5-6-13(12)23)26-16-11(18(20,21)22)8-25-17(28-16)27-14-4-2-1-3-10(14)15(24)29/h1-4,8-9,12-13H,5-7,23H2,(H2,24,29)(H2,25,26,27,28)/t9-,12+,13+/m1/s1. The van der Waals surface area contributed by atoms with Crippen LogP contribution in [0.2, 0.25) is 0 Å². The summed E-state index contributed by atoms with van der Waals surface area (Å²) in [7, 11) is 0. The highest BCUT2D eigenvalue weighted by atomic mass is 19.4. The number of nitrogens with two attached hydrogens (primary N) is 2. The molecule has 1 fully saturated rings. The first kappa shape index (κ1) is 20.8. The Kier molecular flexibility index (Phi) is 5.87. The number of hydrogen-bond donors (Lipinski definition) is 4. The molecule has 3 atom stereocenters. The van der Waals surface area contributed by atoms with E-state index < -0.39 is 41.7 Å². The number of halogens is 4. The third kappa shape index (κ3) is 4.91. The average molecular weight is 412 g/mol. The number of benzene rings is 1. The first-order valence-electron chi connectivity index (χ1n) is 8.91. The summed E-state index contributed by atoms with van der Waals surface area (Å²) in [5.41, 5.74) is 10.2. The van der Waals surface area contributed by atoms with Crippen molar-refractivity contribution in [3.8, 4) is 0 Å². The molecule has 0 saturated heterocycles. The van der Waals surface area contributed by atoms with Gasteiger partial charge < -0.3 is 22.1 Å². The molecule has 156 valence electrons. The minimum atomic E-state index is -4.70. The minimum Gasteiger partial charge on any atom is -0.367 e. The van der Waals surface area contributed by atoms with Gasteiger partial charge in [-0.05, 0) is 25.0 Å². The van der Waals surface area contributed by atoms with Crippen LogP contribution in [0.4, 0.5) is 35.0 Å². The number of hydrogen-bond acceptors (Lipinski definition) is 6. The molecule has 1 saturated carbocycles. The third-order valence-electron chi connectivity index (χ3n) is 4.70. The summed E-state index contributed by atoms with van der Waals surface area (Å²) in [5, 5.41) is 5.37. The van der Waals surface area contributed by atoms with Gasteiger partial charge in [-0.15, -0.1) is 0 Å². The Morgan fingerprint density at radius 3 is 2.59 bits per heavy atom. The molecule has 6 N–H and O–H groups in total. The summed E-state index contributed by atoms with van der Waals surface area (Å²) in [6.07, 6.45) is -4.63. The largest absolute Gasteiger partial charge is 0.421 e. The Labute approximate surface area is 163 Å². The van der Waals surface area contributed by atoms with Gasteiger partial charge in [0.25, 0.3) is 5.91 Å². The number of primary amides is 1. The molecule has 0 spiro atoms. The number of nitrogens with one attached hydrogen (secondary N) is 2. The number of carbonyl (C=O) groups is 1. The van der Waals surface area contributed by atoms with E-state index >= 15 is 0 Å². The van der Waals surface area contributed by atoms with E-state index in [4.69, 9.17) is 11.5 Å². The molecule has 1 aromatic heterocycles. The van der Waals surface area contributed by atoms with Crippen LogP contribution in [-0.4, -0.2) is 34.1 Å². The number of amides is 1. The van der Waals surface area contributed by atoms with E-state index in [-0.39, 0.29) is 23.6 Å². The molecule has 0 bridgehead atoms. The van der Waals surface area contributed by atoms with Crippen LogP contribution in [0.3, 0.4) is 0 Å². The molecule has 2 aromatic rings. The van der Waals surface area contributed by atoms with Gasteiger partial charge in [0.05, 0.1) is 11.3 Å². The quantitative estimate of drug-likeness (QED) is 0.561. The fourth-order valence-electron chi connectivity index (χ4n) is 3.15. The van der Waals surface area contributed by atoms with Crippen molar-refractivity contribution in [1.82, 2.24) is 9.97 Å². The van der Waals surface area contributed by atoms with Crippen LogP contribution in [0.15, 0.2) is 30.5 Å². The lowest BCUT2D eigenvalue weighted by Gasteiger charge is -2.30. The maximum absolute atomic E-state index is 13.9. The Morgan fingerprint density at radius 2 is 1.93 bits per heavy atom. The molecule has 3 rings (SSSR count). The number of anilines is 3. The number of para-hydroxylation sites is 1. The van der Waals surface area contributed by atoms with Gasteiger partial charge in [-0.2, -0.15) is 18.2 Å². The number of carbonyl (C=O) groups excluding carboxylic acids is 1. The van der Waals surface area contributed by atoms with Crippen molar-refractivity contribution in [1.29, 1.82) is 0 Å². The second kappa shape index (κ2) is 8.19. The first-order chi connectivity index (χ1) is 13.6. The van der Waals surface area contributed by atoms with E-state index in [9.17, 15) is 22.4 Å². The molecule has 1 aliphatic rings. The summed E-state index contributed by atoms with van der Waals surface area (Å²) in [6.45, 7) is 0. The molecule has 29 heavy (non-hydrogen) atoms. The molecular weight excluding hydrogens is 392 g/mol. The van der Waals surface area contributed by atoms with E-state index in [0.717, 1.165) is 0 Å². The van der Waals surface area contributed by atoms with Crippen molar-refractivity contribution in [3.63, 3.8) is 0 Å². The second-order valence-electron chi connectivity index (χ2n) is 6.82. The second-order valence-corrected chi connectivity index (χ2v) is 6.82. The Bertz CT molecular complexity index is 891. The fraction of sp³-hybridized carbons (Fsp3) is 0.389. The Morgan fingerprint density at radius 1 is 1.21 bits per heavy atom. The van der Waals surface area contributed by atoms with Crippen molar-refractivity contribution in [2.24, 2.45) is 11.5 Å². The van der Waals surface area contributed by atoms with E-state index in [0.29, 0.717) is 19.0 Å². The van der Waals surface area contributed by atoms with Crippen LogP contribution < -0.4 is 22.1 Å². The zero-order valence-corrected chi connectivity index (χ0v) is 15.2. The smallest absolute Gasteiger partial charge is 0.367 e. The third-order valence-corrected chi connectivity index (χ3v) is 4.70.